The monoisotopic (exact) mass is 345 g/mol. The Morgan fingerprint density at radius 3 is 2.52 bits per heavy atom. The summed E-state index contributed by atoms with van der Waals surface area (Å²) >= 11 is 7.40. The normalized spacial score (nSPS) is 19.2. The molecule has 1 aromatic heterocycles. The van der Waals surface area contributed by atoms with Crippen molar-refractivity contribution in [2.24, 2.45) is 0 Å². The van der Waals surface area contributed by atoms with Crippen molar-refractivity contribution >= 4 is 35.3 Å². The minimum Gasteiger partial charge on any atom is -0.320 e. The first-order valence-corrected chi connectivity index (χ1v) is 8.51. The van der Waals surface area contributed by atoms with E-state index in [0.29, 0.717) is 17.3 Å². The molecule has 0 radical (unpaired) electrons. The molecule has 1 aliphatic heterocycles. The summed E-state index contributed by atoms with van der Waals surface area (Å²) in [4.78, 5) is 20.9. The van der Waals surface area contributed by atoms with Crippen molar-refractivity contribution in [1.82, 2.24) is 15.3 Å². The van der Waals surface area contributed by atoms with E-state index in [-0.39, 0.29) is 11.2 Å². The largest absolute Gasteiger partial charge is 0.320 e. The van der Waals surface area contributed by atoms with Gasteiger partial charge in [0, 0.05) is 22.5 Å². The van der Waals surface area contributed by atoms with Gasteiger partial charge in [-0.15, -0.1) is 0 Å². The molecule has 0 saturated carbocycles. The molecule has 2 aromatic rings. The molecule has 1 saturated heterocycles. The number of aryl methyl sites for hydroxylation is 2. The summed E-state index contributed by atoms with van der Waals surface area (Å²) in [5.41, 5.74) is 2.92. The highest BCUT2D eigenvalue weighted by Gasteiger charge is 2.29. The first-order valence-electron chi connectivity index (χ1n) is 7.25. The van der Waals surface area contributed by atoms with Crippen LogP contribution in [0.1, 0.15) is 22.8 Å². The van der Waals surface area contributed by atoms with Crippen molar-refractivity contribution < 1.29 is 4.79 Å². The minimum atomic E-state index is -0.145. The third-order valence-electron chi connectivity index (χ3n) is 3.40. The van der Waals surface area contributed by atoms with E-state index in [1.54, 1.807) is 0 Å². The second kappa shape index (κ2) is 6.72. The van der Waals surface area contributed by atoms with Crippen molar-refractivity contribution in [3.8, 4) is 0 Å². The second-order valence-corrected chi connectivity index (χ2v) is 7.12. The van der Waals surface area contributed by atoms with Gasteiger partial charge in [0.2, 0.25) is 5.91 Å². The van der Waals surface area contributed by atoms with E-state index in [1.807, 2.05) is 50.3 Å². The van der Waals surface area contributed by atoms with Gasteiger partial charge in [0.1, 0.15) is 0 Å². The van der Waals surface area contributed by atoms with Crippen LogP contribution in [0.5, 0.6) is 0 Å². The lowest BCUT2D eigenvalue weighted by Crippen LogP contribution is -2.23. The number of halogens is 1. The van der Waals surface area contributed by atoms with Crippen LogP contribution in [0.2, 0.25) is 5.02 Å². The second-order valence-electron chi connectivity index (χ2n) is 5.44. The summed E-state index contributed by atoms with van der Waals surface area (Å²) in [6, 6.07) is 9.50. The molecular formula is C17H16ClN3OS. The van der Waals surface area contributed by atoms with Crippen LogP contribution in [0.15, 0.2) is 35.4 Å². The lowest BCUT2D eigenvalue weighted by atomic mass is 10.1. The topological polar surface area (TPSA) is 54.9 Å². The van der Waals surface area contributed by atoms with Crippen molar-refractivity contribution in [3.05, 3.63) is 63.2 Å². The molecule has 3 rings (SSSR count). The zero-order valence-electron chi connectivity index (χ0n) is 12.8. The van der Waals surface area contributed by atoms with Crippen LogP contribution < -0.4 is 5.32 Å². The highest BCUT2D eigenvalue weighted by molar-refractivity contribution is 8.05. The predicted molar refractivity (Wildman–Crippen MR) is 94.2 cm³/mol. The Kier molecular flexibility index (Phi) is 4.68. The molecule has 1 N–H and O–H groups in total. The van der Waals surface area contributed by atoms with Gasteiger partial charge in [-0.25, -0.2) is 9.97 Å². The zero-order chi connectivity index (χ0) is 16.4. The number of hydrogen-bond donors (Lipinski definition) is 1. The van der Waals surface area contributed by atoms with Crippen LogP contribution >= 0.6 is 23.4 Å². The molecule has 1 unspecified atom stereocenters. The third-order valence-corrected chi connectivity index (χ3v) is 4.79. The first-order chi connectivity index (χ1) is 11.0. The Labute approximate surface area is 144 Å². The van der Waals surface area contributed by atoms with E-state index >= 15 is 0 Å². The number of benzene rings is 1. The van der Waals surface area contributed by atoms with Crippen LogP contribution in [-0.2, 0) is 11.2 Å². The lowest BCUT2D eigenvalue weighted by Gasteiger charge is -2.05. The number of carbonyl (C=O) groups excluding carboxylic acids is 1. The van der Waals surface area contributed by atoms with Gasteiger partial charge in [0.05, 0.1) is 10.3 Å². The molecule has 1 fully saturated rings. The number of aromatic nitrogens is 2. The number of amides is 1. The maximum absolute atomic E-state index is 12.1. The molecule has 0 spiro atoms. The van der Waals surface area contributed by atoms with Crippen molar-refractivity contribution in [3.63, 3.8) is 0 Å². The fourth-order valence-corrected chi connectivity index (χ4v) is 3.62. The third kappa shape index (κ3) is 4.12. The standard InChI is InChI=1S/C17H16ClN3OS/c1-10-7-11(2)20-15(19-10)9-16-21-17(22)14(23-16)8-12-3-5-13(18)6-4-12/h3-7,9,14H,8H2,1-2H3,(H,21,22)/b16-9+. The quantitative estimate of drug-likeness (QED) is 0.924. The molecule has 2 heterocycles. The number of rotatable bonds is 3. The average Bonchev–Trinajstić information content (AvgIpc) is 2.80. The summed E-state index contributed by atoms with van der Waals surface area (Å²) in [6.07, 6.45) is 2.49. The van der Waals surface area contributed by atoms with Crippen LogP contribution in [0, 0.1) is 13.8 Å². The summed E-state index contributed by atoms with van der Waals surface area (Å²) in [7, 11) is 0. The fourth-order valence-electron chi connectivity index (χ4n) is 2.41. The zero-order valence-corrected chi connectivity index (χ0v) is 14.4. The molecular weight excluding hydrogens is 330 g/mol. The summed E-state index contributed by atoms with van der Waals surface area (Å²) in [5.74, 6) is 0.637. The Bertz CT molecular complexity index is 754. The van der Waals surface area contributed by atoms with Gasteiger partial charge in [-0.1, -0.05) is 35.5 Å². The van der Waals surface area contributed by atoms with E-state index in [2.05, 4.69) is 15.3 Å². The Morgan fingerprint density at radius 1 is 1.22 bits per heavy atom. The van der Waals surface area contributed by atoms with E-state index in [1.165, 1.54) is 11.8 Å². The maximum Gasteiger partial charge on any atom is 0.238 e. The molecule has 0 aliphatic carbocycles. The molecule has 1 aromatic carbocycles. The number of hydrogen-bond acceptors (Lipinski definition) is 4. The van der Waals surface area contributed by atoms with Gasteiger partial charge in [-0.05, 0) is 44.0 Å². The summed E-state index contributed by atoms with van der Waals surface area (Å²) < 4.78 is 0. The van der Waals surface area contributed by atoms with Crippen molar-refractivity contribution in [2.45, 2.75) is 25.5 Å². The number of nitrogens with one attached hydrogen (secondary N) is 1. The Balaban J connectivity index is 1.73. The molecule has 118 valence electrons. The van der Waals surface area contributed by atoms with E-state index in [0.717, 1.165) is 22.0 Å². The number of nitrogens with zero attached hydrogens (tertiary/aromatic N) is 2. The Morgan fingerprint density at radius 2 is 1.87 bits per heavy atom. The van der Waals surface area contributed by atoms with Gasteiger partial charge in [0.15, 0.2) is 5.82 Å². The van der Waals surface area contributed by atoms with Crippen LogP contribution in [0.3, 0.4) is 0 Å². The Hall–Kier alpha value is -1.85. The predicted octanol–water partition coefficient (Wildman–Crippen LogP) is 3.52. The smallest absolute Gasteiger partial charge is 0.238 e. The van der Waals surface area contributed by atoms with Crippen molar-refractivity contribution in [2.75, 3.05) is 0 Å². The van der Waals surface area contributed by atoms with Crippen molar-refractivity contribution in [1.29, 1.82) is 0 Å². The van der Waals surface area contributed by atoms with E-state index in [9.17, 15) is 4.79 Å². The molecule has 6 heteroatoms. The van der Waals surface area contributed by atoms with Crippen LogP contribution in [0.4, 0.5) is 0 Å². The average molecular weight is 346 g/mol. The first kappa shape index (κ1) is 16.0. The molecule has 1 atom stereocenters. The van der Waals surface area contributed by atoms with E-state index < -0.39 is 0 Å². The van der Waals surface area contributed by atoms with Crippen LogP contribution in [0.25, 0.3) is 6.08 Å². The molecule has 23 heavy (non-hydrogen) atoms. The fraction of sp³-hybridized carbons (Fsp3) is 0.235. The SMILES string of the molecule is Cc1cc(C)nc(/C=C2\NC(=O)C(Cc3ccc(Cl)cc3)S2)n1. The summed E-state index contributed by atoms with van der Waals surface area (Å²) in [5, 5.41) is 4.25. The number of thioether (sulfide) groups is 1. The van der Waals surface area contributed by atoms with E-state index in [4.69, 9.17) is 11.6 Å². The van der Waals surface area contributed by atoms with Gasteiger partial charge in [0.25, 0.3) is 0 Å². The van der Waals surface area contributed by atoms with Gasteiger partial charge in [-0.3, -0.25) is 4.79 Å². The maximum atomic E-state index is 12.1. The molecule has 1 amide bonds. The highest BCUT2D eigenvalue weighted by atomic mass is 35.5. The van der Waals surface area contributed by atoms with Gasteiger partial charge in [-0.2, -0.15) is 0 Å². The molecule has 1 aliphatic rings. The molecule has 4 nitrogen and oxygen atoms in total. The van der Waals surface area contributed by atoms with Gasteiger partial charge < -0.3 is 5.32 Å². The lowest BCUT2D eigenvalue weighted by molar-refractivity contribution is -0.119. The highest BCUT2D eigenvalue weighted by Crippen LogP contribution is 2.30. The number of carbonyl (C=O) groups is 1. The minimum absolute atomic E-state index is 0.0144. The van der Waals surface area contributed by atoms with Gasteiger partial charge >= 0.3 is 0 Å². The molecule has 0 bridgehead atoms. The van der Waals surface area contributed by atoms with Crippen LogP contribution in [-0.4, -0.2) is 21.1 Å². The summed E-state index contributed by atoms with van der Waals surface area (Å²) in [6.45, 7) is 3.86.